The van der Waals surface area contributed by atoms with Gasteiger partial charge in [-0.25, -0.2) is 4.98 Å². The number of carbonyl (C=O) groups is 1. The van der Waals surface area contributed by atoms with Crippen LogP contribution in [-0.2, 0) is 4.79 Å². The first-order valence-electron chi connectivity index (χ1n) is 5.19. The topological polar surface area (TPSA) is 62.8 Å². The van der Waals surface area contributed by atoms with Crippen molar-refractivity contribution in [2.24, 2.45) is 0 Å². The number of fused-ring (bicyclic) bond motifs is 1. The second-order valence-electron chi connectivity index (χ2n) is 3.75. The number of ketones is 1. The van der Waals surface area contributed by atoms with Crippen LogP contribution in [0, 0.1) is 6.92 Å². The maximum Gasteiger partial charge on any atom is 0.260 e. The van der Waals surface area contributed by atoms with Gasteiger partial charge in [0.15, 0.2) is 5.16 Å². The van der Waals surface area contributed by atoms with E-state index in [9.17, 15) is 9.59 Å². The molecule has 90 valence electrons. The van der Waals surface area contributed by atoms with E-state index in [0.29, 0.717) is 22.7 Å². The zero-order valence-electron chi connectivity index (χ0n) is 9.57. The first-order chi connectivity index (χ1) is 8.06. The number of thiophene rings is 1. The van der Waals surface area contributed by atoms with Crippen LogP contribution in [-0.4, -0.2) is 21.5 Å². The smallest absolute Gasteiger partial charge is 0.260 e. The molecule has 1 N–H and O–H groups in total. The summed E-state index contributed by atoms with van der Waals surface area (Å²) in [5.74, 6) is 0.793. The molecule has 0 amide bonds. The molecule has 0 spiro atoms. The number of thioether (sulfide) groups is 1. The average Bonchev–Trinajstić information content (AvgIpc) is 2.58. The lowest BCUT2D eigenvalue weighted by Gasteiger charge is -1.98. The molecule has 2 heterocycles. The summed E-state index contributed by atoms with van der Waals surface area (Å²) in [5, 5.41) is 1.23. The second-order valence-corrected chi connectivity index (χ2v) is 6.07. The lowest BCUT2D eigenvalue weighted by molar-refractivity contribution is -0.116. The number of hydrogen-bond donors (Lipinski definition) is 1. The van der Waals surface area contributed by atoms with E-state index in [0.717, 1.165) is 9.71 Å². The predicted octanol–water partition coefficient (Wildman–Crippen LogP) is 2.36. The van der Waals surface area contributed by atoms with Gasteiger partial charge in [-0.2, -0.15) is 0 Å². The summed E-state index contributed by atoms with van der Waals surface area (Å²) in [6, 6.07) is 1.84. The highest BCUT2D eigenvalue weighted by Crippen LogP contribution is 2.22. The first kappa shape index (κ1) is 12.3. The van der Waals surface area contributed by atoms with Crippen molar-refractivity contribution in [3.8, 4) is 0 Å². The number of nitrogens with zero attached hydrogens (tertiary/aromatic N) is 1. The monoisotopic (exact) mass is 268 g/mol. The first-order valence-corrected chi connectivity index (χ1v) is 6.99. The molecule has 0 radical (unpaired) electrons. The van der Waals surface area contributed by atoms with E-state index in [1.165, 1.54) is 23.1 Å². The van der Waals surface area contributed by atoms with Gasteiger partial charge in [0.1, 0.15) is 10.6 Å². The minimum Gasteiger partial charge on any atom is -0.301 e. The average molecular weight is 268 g/mol. The Morgan fingerprint density at radius 3 is 3.06 bits per heavy atom. The van der Waals surface area contributed by atoms with Crippen LogP contribution in [0.15, 0.2) is 16.0 Å². The Hall–Kier alpha value is -1.14. The van der Waals surface area contributed by atoms with Gasteiger partial charge in [0, 0.05) is 17.1 Å². The number of H-pyrrole nitrogens is 1. The SMILES string of the molecule is CC(=O)CCSc1nc2sc(C)cc2c(=O)[nH]1. The second kappa shape index (κ2) is 5.01. The van der Waals surface area contributed by atoms with Gasteiger partial charge in [-0.05, 0) is 19.9 Å². The largest absolute Gasteiger partial charge is 0.301 e. The lowest BCUT2D eigenvalue weighted by atomic mass is 10.4. The molecule has 0 unspecified atom stereocenters. The molecular formula is C11H12N2O2S2. The van der Waals surface area contributed by atoms with Crippen molar-refractivity contribution in [3.63, 3.8) is 0 Å². The number of aromatic amines is 1. The van der Waals surface area contributed by atoms with Crippen molar-refractivity contribution in [1.82, 2.24) is 9.97 Å². The van der Waals surface area contributed by atoms with Gasteiger partial charge in [0.2, 0.25) is 0 Å². The highest BCUT2D eigenvalue weighted by atomic mass is 32.2. The molecule has 17 heavy (non-hydrogen) atoms. The minimum atomic E-state index is -0.107. The molecule has 0 fully saturated rings. The van der Waals surface area contributed by atoms with Crippen LogP contribution < -0.4 is 5.56 Å². The molecule has 0 saturated heterocycles. The Balaban J connectivity index is 2.24. The standard InChI is InChI=1S/C11H12N2O2S2/c1-6(14)3-4-16-11-12-9(15)8-5-7(2)17-10(8)13-11/h5H,3-4H2,1-2H3,(H,12,13,15). The Kier molecular flexibility index (Phi) is 3.63. The van der Waals surface area contributed by atoms with Gasteiger partial charge in [0.25, 0.3) is 5.56 Å². The van der Waals surface area contributed by atoms with Gasteiger partial charge in [-0.3, -0.25) is 9.59 Å². The van der Waals surface area contributed by atoms with Gasteiger partial charge in [-0.1, -0.05) is 11.8 Å². The third-order valence-corrected chi connectivity index (χ3v) is 4.02. The van der Waals surface area contributed by atoms with Gasteiger partial charge in [0.05, 0.1) is 5.39 Å². The molecule has 6 heteroatoms. The van der Waals surface area contributed by atoms with Gasteiger partial charge >= 0.3 is 0 Å². The number of aryl methyl sites for hydroxylation is 1. The van der Waals surface area contributed by atoms with Gasteiger partial charge < -0.3 is 4.98 Å². The molecule has 2 aromatic rings. The Morgan fingerprint density at radius 2 is 2.35 bits per heavy atom. The summed E-state index contributed by atoms with van der Waals surface area (Å²) in [5.41, 5.74) is -0.107. The summed E-state index contributed by atoms with van der Waals surface area (Å²) >= 11 is 2.92. The van der Waals surface area contributed by atoms with Crippen molar-refractivity contribution in [2.75, 3.05) is 5.75 Å². The van der Waals surface area contributed by atoms with Crippen molar-refractivity contribution >= 4 is 39.1 Å². The predicted molar refractivity (Wildman–Crippen MR) is 71.0 cm³/mol. The van der Waals surface area contributed by atoms with Crippen LogP contribution in [0.3, 0.4) is 0 Å². The molecule has 4 nitrogen and oxygen atoms in total. The Labute approximate surface area is 106 Å². The van der Waals surface area contributed by atoms with Crippen molar-refractivity contribution < 1.29 is 4.79 Å². The molecule has 2 rings (SSSR count). The van der Waals surface area contributed by atoms with E-state index in [4.69, 9.17) is 0 Å². The van der Waals surface area contributed by atoms with Crippen LogP contribution in [0.1, 0.15) is 18.2 Å². The fourth-order valence-electron chi connectivity index (χ4n) is 1.39. The van der Waals surface area contributed by atoms with E-state index >= 15 is 0 Å². The summed E-state index contributed by atoms with van der Waals surface area (Å²) in [4.78, 5) is 31.5. The molecule has 0 aliphatic rings. The molecule has 0 bridgehead atoms. The highest BCUT2D eigenvalue weighted by Gasteiger charge is 2.07. The summed E-state index contributed by atoms with van der Waals surface area (Å²) in [7, 11) is 0. The lowest BCUT2D eigenvalue weighted by Crippen LogP contribution is -2.07. The molecular weight excluding hydrogens is 256 g/mol. The minimum absolute atomic E-state index is 0.107. The van der Waals surface area contributed by atoms with Crippen LogP contribution >= 0.6 is 23.1 Å². The molecule has 0 aromatic carbocycles. The van der Waals surface area contributed by atoms with Crippen molar-refractivity contribution in [2.45, 2.75) is 25.4 Å². The van der Waals surface area contributed by atoms with Crippen LogP contribution in [0.4, 0.5) is 0 Å². The molecule has 0 saturated carbocycles. The van der Waals surface area contributed by atoms with E-state index in [1.807, 2.05) is 13.0 Å². The van der Waals surface area contributed by atoms with Crippen LogP contribution in [0.5, 0.6) is 0 Å². The quantitative estimate of drug-likeness (QED) is 0.683. The van der Waals surface area contributed by atoms with E-state index in [2.05, 4.69) is 9.97 Å². The third kappa shape index (κ3) is 2.95. The molecule has 0 aliphatic carbocycles. The summed E-state index contributed by atoms with van der Waals surface area (Å²) < 4.78 is 0. The van der Waals surface area contributed by atoms with Crippen molar-refractivity contribution in [3.05, 3.63) is 21.3 Å². The Bertz CT molecular complexity index is 615. The third-order valence-electron chi connectivity index (χ3n) is 2.20. The summed E-state index contributed by atoms with van der Waals surface area (Å²) in [6.45, 7) is 3.51. The fraction of sp³-hybridized carbons (Fsp3) is 0.364. The van der Waals surface area contributed by atoms with Gasteiger partial charge in [-0.15, -0.1) is 11.3 Å². The highest BCUT2D eigenvalue weighted by molar-refractivity contribution is 7.99. The Morgan fingerprint density at radius 1 is 1.59 bits per heavy atom. The van der Waals surface area contributed by atoms with Crippen LogP contribution in [0.25, 0.3) is 10.2 Å². The van der Waals surface area contributed by atoms with E-state index in [1.54, 1.807) is 6.92 Å². The van der Waals surface area contributed by atoms with Crippen LogP contribution in [0.2, 0.25) is 0 Å². The number of Topliss-reactive ketones (excluding diaryl/α,β-unsaturated/α-hetero) is 1. The number of hydrogen-bond acceptors (Lipinski definition) is 5. The normalized spacial score (nSPS) is 10.9. The molecule has 0 atom stereocenters. The summed E-state index contributed by atoms with van der Waals surface area (Å²) in [6.07, 6.45) is 0.496. The maximum absolute atomic E-state index is 11.7. The molecule has 0 aliphatic heterocycles. The van der Waals surface area contributed by atoms with E-state index < -0.39 is 0 Å². The zero-order chi connectivity index (χ0) is 12.4. The molecule has 2 aromatic heterocycles. The number of nitrogens with one attached hydrogen (secondary N) is 1. The maximum atomic E-state index is 11.7. The number of carbonyl (C=O) groups excluding carboxylic acids is 1. The van der Waals surface area contributed by atoms with Crippen molar-refractivity contribution in [1.29, 1.82) is 0 Å². The van der Waals surface area contributed by atoms with E-state index in [-0.39, 0.29) is 11.3 Å². The number of aromatic nitrogens is 2. The number of rotatable bonds is 4. The zero-order valence-corrected chi connectivity index (χ0v) is 11.2. The fourth-order valence-corrected chi connectivity index (χ4v) is 3.23.